The van der Waals surface area contributed by atoms with Crippen molar-refractivity contribution in [2.75, 3.05) is 118 Å². The number of nitrogens with one attached hydrogen (secondary N) is 3. The number of nitrogens with two attached hydrogens (primary N) is 1. The zero-order chi connectivity index (χ0) is 35.9. The Balaban J connectivity index is 0.000000184. The highest BCUT2D eigenvalue weighted by Gasteiger charge is 2.15. The summed E-state index contributed by atoms with van der Waals surface area (Å²) in [6.45, 7) is 22.7. The van der Waals surface area contributed by atoms with Gasteiger partial charge < -0.3 is 41.3 Å². The molecule has 2 aliphatic heterocycles. The number of anilines is 7. The van der Waals surface area contributed by atoms with Gasteiger partial charge in [-0.05, 0) is 68.9 Å². The summed E-state index contributed by atoms with van der Waals surface area (Å²) in [6, 6.07) is 16.4. The molecule has 262 valence electrons. The molecule has 0 amide bonds. The smallest absolute Gasteiger partial charge is 0.246 e. The van der Waals surface area contributed by atoms with Crippen molar-refractivity contribution in [2.45, 2.75) is 5.16 Å². The van der Waals surface area contributed by atoms with Crippen LogP contribution in [-0.2, 0) is 0 Å². The number of rotatable bonds is 7. The molecule has 2 fully saturated rings. The Morgan fingerprint density at radius 3 is 1.60 bits per heavy atom. The second kappa shape index (κ2) is 19.0. The molecule has 2 aliphatic rings. The van der Waals surface area contributed by atoms with Gasteiger partial charge in [0, 0.05) is 102 Å². The molecule has 4 heterocycles. The highest BCUT2D eigenvalue weighted by molar-refractivity contribution is 7.98. The minimum atomic E-state index is 0.411. The van der Waals surface area contributed by atoms with E-state index in [0.717, 1.165) is 63.7 Å². The van der Waals surface area contributed by atoms with E-state index in [1.54, 1.807) is 14.1 Å². The molecule has 0 aliphatic carbocycles. The number of aromatic nitrogens is 4. The number of thioether (sulfide) groups is 1. The summed E-state index contributed by atoms with van der Waals surface area (Å²) in [7, 11) is 7.80. The molecule has 4 aromatic rings. The molecular formula is C35H46N14S. The average Bonchev–Trinajstić information content (AvgIpc) is 3.16. The molecule has 5 N–H and O–H groups in total. The normalized spacial score (nSPS) is 14.5. The molecule has 50 heavy (non-hydrogen) atoms. The van der Waals surface area contributed by atoms with Crippen molar-refractivity contribution in [3.63, 3.8) is 0 Å². The first kappa shape index (κ1) is 37.5. The largest absolute Gasteiger partial charge is 0.399 e. The van der Waals surface area contributed by atoms with E-state index < -0.39 is 0 Å². The van der Waals surface area contributed by atoms with Gasteiger partial charge >= 0.3 is 0 Å². The van der Waals surface area contributed by atoms with Crippen molar-refractivity contribution in [1.82, 2.24) is 29.7 Å². The second-order valence-corrected chi connectivity index (χ2v) is 12.4. The van der Waals surface area contributed by atoms with Gasteiger partial charge in [0.1, 0.15) is 11.6 Å². The maximum absolute atomic E-state index is 7.09. The third-order valence-electron chi connectivity index (χ3n) is 8.17. The number of nitrogens with zero attached hydrogens (tertiary/aromatic N) is 10. The number of hydrogen-bond acceptors (Lipinski definition) is 13. The van der Waals surface area contributed by atoms with Crippen molar-refractivity contribution < 1.29 is 0 Å². The molecule has 6 rings (SSSR count). The van der Waals surface area contributed by atoms with Crippen LogP contribution >= 0.6 is 11.8 Å². The lowest BCUT2D eigenvalue weighted by Crippen LogP contribution is -2.44. The third kappa shape index (κ3) is 10.8. The van der Waals surface area contributed by atoms with Gasteiger partial charge in [-0.3, -0.25) is 0 Å². The second-order valence-electron chi connectivity index (χ2n) is 11.6. The third-order valence-corrected chi connectivity index (χ3v) is 8.73. The molecule has 2 saturated heterocycles. The van der Waals surface area contributed by atoms with Gasteiger partial charge in [-0.15, -0.1) is 0 Å². The molecule has 14 nitrogen and oxygen atoms in total. The molecule has 0 saturated carbocycles. The predicted octanol–water partition coefficient (Wildman–Crippen LogP) is 5.38. The van der Waals surface area contributed by atoms with E-state index in [1.165, 1.54) is 35.5 Å². The van der Waals surface area contributed by atoms with Gasteiger partial charge in [0.15, 0.2) is 5.16 Å². The van der Waals surface area contributed by atoms with E-state index >= 15 is 0 Å². The molecule has 0 bridgehead atoms. The van der Waals surface area contributed by atoms with Crippen molar-refractivity contribution >= 4 is 63.5 Å². The quantitative estimate of drug-likeness (QED) is 0.0855. The predicted molar refractivity (Wildman–Crippen MR) is 207 cm³/mol. The van der Waals surface area contributed by atoms with Crippen molar-refractivity contribution in [3.8, 4) is 0 Å². The molecule has 2 aromatic heterocycles. The monoisotopic (exact) mass is 694 g/mol. The lowest BCUT2D eigenvalue weighted by Gasteiger charge is -2.34. The Bertz CT molecular complexity index is 1720. The van der Waals surface area contributed by atoms with Crippen LogP contribution in [0.3, 0.4) is 0 Å². The minimum Gasteiger partial charge on any atom is -0.399 e. The number of hydrogen-bond donors (Lipinski definition) is 4. The molecular weight excluding hydrogens is 649 g/mol. The van der Waals surface area contributed by atoms with Crippen LogP contribution in [-0.4, -0.2) is 117 Å². The Kier molecular flexibility index (Phi) is 14.2. The van der Waals surface area contributed by atoms with E-state index in [-0.39, 0.29) is 0 Å². The fourth-order valence-corrected chi connectivity index (χ4v) is 5.46. The first-order valence-corrected chi connectivity index (χ1v) is 17.5. The Morgan fingerprint density at radius 2 is 1.14 bits per heavy atom. The van der Waals surface area contributed by atoms with Crippen molar-refractivity contribution in [2.24, 2.45) is 0 Å². The van der Waals surface area contributed by atoms with Crippen LogP contribution in [0.1, 0.15) is 0 Å². The van der Waals surface area contributed by atoms with Gasteiger partial charge in [-0.1, -0.05) is 11.8 Å². The molecule has 0 atom stereocenters. The van der Waals surface area contributed by atoms with Crippen molar-refractivity contribution in [1.29, 1.82) is 0 Å². The number of benzene rings is 2. The zero-order valence-electron chi connectivity index (χ0n) is 29.4. The van der Waals surface area contributed by atoms with Crippen LogP contribution in [0.25, 0.3) is 9.69 Å². The van der Waals surface area contributed by atoms with E-state index in [4.69, 9.17) is 18.9 Å². The molecule has 0 unspecified atom stereocenters. The average molecular weight is 695 g/mol. The van der Waals surface area contributed by atoms with E-state index in [1.807, 2.05) is 30.5 Å². The molecule has 15 heteroatoms. The van der Waals surface area contributed by atoms with Crippen LogP contribution in [0.15, 0.2) is 66.1 Å². The number of piperazine rings is 2. The van der Waals surface area contributed by atoms with Crippen LogP contribution in [0.2, 0.25) is 0 Å². The molecule has 0 spiro atoms. The van der Waals surface area contributed by atoms with E-state index in [2.05, 4.69) is 104 Å². The number of likely N-dealkylation sites (N-methyl/N-ethyl adjacent to an activating group) is 2. The van der Waals surface area contributed by atoms with Crippen LogP contribution in [0.5, 0.6) is 0 Å². The lowest BCUT2D eigenvalue weighted by molar-refractivity contribution is 0.313. The maximum Gasteiger partial charge on any atom is 0.246 e. The van der Waals surface area contributed by atoms with E-state index in [9.17, 15) is 0 Å². The first-order valence-electron chi connectivity index (χ1n) is 16.2. The molecule has 0 radical (unpaired) electrons. The number of nitrogen functional groups attached to an aromatic ring is 1. The van der Waals surface area contributed by atoms with Crippen LogP contribution in [0, 0.1) is 13.1 Å². The maximum atomic E-state index is 7.09. The Labute approximate surface area is 299 Å². The SMILES string of the molecule is CN1CCN(c2ccc(N)cc2)CC1.[C-]#[N+]c1cnc(Nc2ccc(N3CCN(C)CC3)cc2)nc1NC.[C-]#[N+]c1cnc(SC)nc1NC. The topological polar surface area (TPSA) is 135 Å². The fourth-order valence-electron chi connectivity index (χ4n) is 5.12. The van der Waals surface area contributed by atoms with Crippen LogP contribution < -0.4 is 31.5 Å². The standard InChI is InChI=1S/C17H21N7.C11H17N3.C7H8N4S/c1-18-15-12-20-17(22-16(15)19-2)21-13-4-6-14(7-5-13)24-10-8-23(3)9-11-24;1-13-6-8-14(9-7-13)11-4-2-10(12)3-5-11;1-8-5-4-10-7(12-3)11-6(5)9-2/h4-7,12H,8-11H2,2-3H3,(H2,19,20,21,22);2-5H,6-9,12H2,1H3;4H,2-3H3,(H,9,10,11). The van der Waals surface area contributed by atoms with E-state index in [0.29, 0.717) is 34.1 Å². The summed E-state index contributed by atoms with van der Waals surface area (Å²) in [5, 5.41) is 9.60. The van der Waals surface area contributed by atoms with Gasteiger partial charge in [0.05, 0.1) is 13.1 Å². The Morgan fingerprint density at radius 1 is 0.680 bits per heavy atom. The van der Waals surface area contributed by atoms with Gasteiger partial charge in [0.2, 0.25) is 17.3 Å². The van der Waals surface area contributed by atoms with Gasteiger partial charge in [-0.2, -0.15) is 0 Å². The summed E-state index contributed by atoms with van der Waals surface area (Å²) in [4.78, 5) is 32.7. The highest BCUT2D eigenvalue weighted by atomic mass is 32.2. The molecule has 2 aromatic carbocycles. The summed E-state index contributed by atoms with van der Waals surface area (Å²) in [6.07, 6.45) is 4.94. The van der Waals surface area contributed by atoms with Gasteiger partial charge in [0.25, 0.3) is 0 Å². The summed E-state index contributed by atoms with van der Waals surface area (Å²) < 4.78 is 0. The minimum absolute atomic E-state index is 0.411. The summed E-state index contributed by atoms with van der Waals surface area (Å²) in [5.41, 5.74) is 10.8. The first-order chi connectivity index (χ1) is 24.3. The summed E-state index contributed by atoms with van der Waals surface area (Å²) >= 11 is 1.45. The highest BCUT2D eigenvalue weighted by Crippen LogP contribution is 2.26. The summed E-state index contributed by atoms with van der Waals surface area (Å²) in [5.74, 6) is 1.58. The van der Waals surface area contributed by atoms with Crippen molar-refractivity contribution in [3.05, 3.63) is 83.8 Å². The zero-order valence-corrected chi connectivity index (χ0v) is 30.2. The lowest BCUT2D eigenvalue weighted by atomic mass is 10.2. The fraction of sp³-hybridized carbons (Fsp3) is 0.371. The van der Waals surface area contributed by atoms with Crippen LogP contribution in [0.4, 0.5) is 51.7 Å². The Hall–Kier alpha value is -5.35. The van der Waals surface area contributed by atoms with Gasteiger partial charge in [-0.25, -0.2) is 29.6 Å².